The molecule has 0 spiro atoms. The van der Waals surface area contributed by atoms with E-state index in [-0.39, 0.29) is 5.91 Å². The predicted octanol–water partition coefficient (Wildman–Crippen LogP) is 1.16. The molecule has 0 bridgehead atoms. The Balaban J connectivity index is 2.07. The minimum absolute atomic E-state index is 0.0983. The van der Waals surface area contributed by atoms with Gasteiger partial charge < -0.3 is 15.6 Å². The number of anilines is 1. The van der Waals surface area contributed by atoms with E-state index in [1.165, 1.54) is 0 Å². The Morgan fingerprint density at radius 1 is 1.69 bits per heavy atom. The molecule has 0 saturated heterocycles. The largest absolute Gasteiger partial charge is 0.397 e. The Morgan fingerprint density at radius 2 is 2.44 bits per heavy atom. The highest BCUT2D eigenvalue weighted by Crippen LogP contribution is 2.37. The van der Waals surface area contributed by atoms with Gasteiger partial charge in [0.1, 0.15) is 5.69 Å². The second kappa shape index (κ2) is 4.31. The first kappa shape index (κ1) is 10.6. The van der Waals surface area contributed by atoms with Crippen LogP contribution in [0.1, 0.15) is 35.8 Å². The number of nitrogens with two attached hydrogens (primary N) is 1. The van der Waals surface area contributed by atoms with Crippen LogP contribution in [0.4, 0.5) is 5.69 Å². The first-order valence-corrected chi connectivity index (χ1v) is 5.41. The summed E-state index contributed by atoms with van der Waals surface area (Å²) < 4.78 is 1.96. The molecule has 1 aromatic heterocycles. The van der Waals surface area contributed by atoms with E-state index in [9.17, 15) is 4.79 Å². The highest BCUT2D eigenvalue weighted by atomic mass is 16.1. The summed E-state index contributed by atoms with van der Waals surface area (Å²) in [5, 5.41) is 2.78. The van der Waals surface area contributed by atoms with Gasteiger partial charge in [0.05, 0.1) is 5.69 Å². The van der Waals surface area contributed by atoms with Gasteiger partial charge >= 0.3 is 0 Å². The highest BCUT2D eigenvalue weighted by molar-refractivity contribution is 5.93. The normalized spacial score (nSPS) is 14.4. The Bertz CT molecular complexity index is 438. The zero-order chi connectivity index (χ0) is 11.5. The summed E-state index contributed by atoms with van der Waals surface area (Å²) in [6, 6.07) is 2.16. The molecule has 1 aliphatic carbocycles. The van der Waals surface area contributed by atoms with Crippen molar-refractivity contribution in [1.29, 1.82) is 0 Å². The van der Waals surface area contributed by atoms with Crippen molar-refractivity contribution in [2.75, 3.05) is 12.3 Å². The molecule has 1 saturated carbocycles. The van der Waals surface area contributed by atoms with Crippen molar-refractivity contribution in [3.63, 3.8) is 0 Å². The summed E-state index contributed by atoms with van der Waals surface area (Å²) in [6.07, 6.45) is 9.74. The van der Waals surface area contributed by atoms with Gasteiger partial charge in [-0.1, -0.05) is 0 Å². The molecule has 1 amide bonds. The molecule has 1 fully saturated rings. The van der Waals surface area contributed by atoms with Gasteiger partial charge in [0, 0.05) is 25.2 Å². The fourth-order valence-electron chi connectivity index (χ4n) is 1.68. The maximum atomic E-state index is 11.8. The number of rotatable bonds is 4. The average molecular weight is 217 g/mol. The van der Waals surface area contributed by atoms with E-state index in [2.05, 4.69) is 11.2 Å². The molecule has 84 valence electrons. The molecule has 0 atom stereocenters. The van der Waals surface area contributed by atoms with Crippen LogP contribution in [0.25, 0.3) is 0 Å². The monoisotopic (exact) mass is 217 g/mol. The first-order chi connectivity index (χ1) is 7.72. The van der Waals surface area contributed by atoms with Crippen molar-refractivity contribution in [3.05, 3.63) is 18.0 Å². The second-order valence-corrected chi connectivity index (χ2v) is 4.01. The van der Waals surface area contributed by atoms with Crippen LogP contribution < -0.4 is 11.1 Å². The van der Waals surface area contributed by atoms with E-state index in [0.717, 1.165) is 12.8 Å². The smallest absolute Gasteiger partial charge is 0.268 e. The molecule has 3 N–H and O–H groups in total. The highest BCUT2D eigenvalue weighted by Gasteiger charge is 2.27. The van der Waals surface area contributed by atoms with Crippen molar-refractivity contribution in [2.24, 2.45) is 0 Å². The topological polar surface area (TPSA) is 60.1 Å². The third kappa shape index (κ3) is 2.19. The zero-order valence-corrected chi connectivity index (χ0v) is 9.07. The van der Waals surface area contributed by atoms with Crippen molar-refractivity contribution in [1.82, 2.24) is 9.88 Å². The van der Waals surface area contributed by atoms with E-state index < -0.39 is 0 Å². The molecular weight excluding hydrogens is 202 g/mol. The fourth-order valence-corrected chi connectivity index (χ4v) is 1.68. The van der Waals surface area contributed by atoms with E-state index in [1.807, 2.05) is 10.8 Å². The molecule has 0 unspecified atom stereocenters. The van der Waals surface area contributed by atoms with E-state index in [0.29, 0.717) is 30.4 Å². The molecule has 0 aromatic carbocycles. The third-order valence-electron chi connectivity index (χ3n) is 2.60. The number of hydrogen-bond acceptors (Lipinski definition) is 2. The minimum Gasteiger partial charge on any atom is -0.397 e. The lowest BCUT2D eigenvalue weighted by Gasteiger charge is -2.07. The molecule has 1 heterocycles. The number of nitrogens with one attached hydrogen (secondary N) is 1. The van der Waals surface area contributed by atoms with Crippen molar-refractivity contribution in [2.45, 2.75) is 25.3 Å². The molecule has 1 aliphatic rings. The summed E-state index contributed by atoms with van der Waals surface area (Å²) in [7, 11) is 0. The number of terminal acetylenes is 1. The molecule has 4 heteroatoms. The molecule has 4 nitrogen and oxygen atoms in total. The van der Waals surface area contributed by atoms with Crippen LogP contribution in [0.3, 0.4) is 0 Å². The number of aromatic nitrogens is 1. The van der Waals surface area contributed by atoms with Crippen molar-refractivity contribution >= 4 is 11.6 Å². The summed E-state index contributed by atoms with van der Waals surface area (Å²) >= 11 is 0. The fraction of sp³-hybridized carbons (Fsp3) is 0.417. The Hall–Kier alpha value is -1.89. The van der Waals surface area contributed by atoms with Gasteiger partial charge in [-0.2, -0.15) is 0 Å². The van der Waals surface area contributed by atoms with E-state index in [1.54, 1.807) is 6.07 Å². The Morgan fingerprint density at radius 3 is 3.06 bits per heavy atom. The van der Waals surface area contributed by atoms with Crippen LogP contribution in [0.2, 0.25) is 0 Å². The molecule has 16 heavy (non-hydrogen) atoms. The zero-order valence-electron chi connectivity index (χ0n) is 9.07. The maximum absolute atomic E-state index is 11.8. The van der Waals surface area contributed by atoms with E-state index in [4.69, 9.17) is 12.2 Å². The predicted molar refractivity (Wildman–Crippen MR) is 62.9 cm³/mol. The number of carbonyl (C=O) groups is 1. The van der Waals surface area contributed by atoms with Crippen LogP contribution in [0.5, 0.6) is 0 Å². The van der Waals surface area contributed by atoms with Crippen LogP contribution in [0.15, 0.2) is 12.3 Å². The first-order valence-electron chi connectivity index (χ1n) is 5.41. The molecular formula is C12H15N3O. The van der Waals surface area contributed by atoms with Crippen LogP contribution >= 0.6 is 0 Å². The Labute approximate surface area is 94.8 Å². The lowest BCUT2D eigenvalue weighted by atomic mass is 10.3. The summed E-state index contributed by atoms with van der Waals surface area (Å²) in [4.78, 5) is 11.8. The lowest BCUT2D eigenvalue weighted by Crippen LogP contribution is -2.26. The summed E-state index contributed by atoms with van der Waals surface area (Å²) in [5.74, 6) is 2.38. The number of nitrogens with zero attached hydrogens (tertiary/aromatic N) is 1. The number of hydrogen-bond donors (Lipinski definition) is 2. The number of nitrogen functional groups attached to an aromatic ring is 1. The summed E-state index contributed by atoms with van der Waals surface area (Å²) in [5.41, 5.74) is 6.97. The number of amides is 1. The van der Waals surface area contributed by atoms with Crippen LogP contribution in [0, 0.1) is 12.3 Å². The summed E-state index contributed by atoms with van der Waals surface area (Å²) in [6.45, 7) is 0.505. The molecule has 0 radical (unpaired) electrons. The average Bonchev–Trinajstić information content (AvgIpc) is 3.02. The SMILES string of the molecule is C#CCCNC(=O)c1cc(N)cn1C1CC1. The standard InChI is InChI=1S/C12H15N3O/c1-2-3-6-14-12(16)11-7-9(13)8-15(11)10-4-5-10/h1,7-8,10H,3-6,13H2,(H,14,16). The Kier molecular flexibility index (Phi) is 2.86. The third-order valence-corrected chi connectivity index (χ3v) is 2.60. The van der Waals surface area contributed by atoms with Gasteiger partial charge in [-0.25, -0.2) is 0 Å². The quantitative estimate of drug-likeness (QED) is 0.587. The molecule has 1 aromatic rings. The minimum atomic E-state index is -0.0983. The maximum Gasteiger partial charge on any atom is 0.268 e. The van der Waals surface area contributed by atoms with Crippen LogP contribution in [-0.4, -0.2) is 17.0 Å². The van der Waals surface area contributed by atoms with Gasteiger partial charge in [0.2, 0.25) is 0 Å². The van der Waals surface area contributed by atoms with Gasteiger partial charge in [0.15, 0.2) is 0 Å². The molecule has 2 rings (SSSR count). The van der Waals surface area contributed by atoms with Gasteiger partial charge in [-0.15, -0.1) is 12.3 Å². The van der Waals surface area contributed by atoms with Crippen molar-refractivity contribution < 1.29 is 4.79 Å². The molecule has 0 aliphatic heterocycles. The van der Waals surface area contributed by atoms with Gasteiger partial charge in [0.25, 0.3) is 5.91 Å². The van der Waals surface area contributed by atoms with Gasteiger partial charge in [-0.3, -0.25) is 4.79 Å². The van der Waals surface area contributed by atoms with E-state index >= 15 is 0 Å². The second-order valence-electron chi connectivity index (χ2n) is 4.01. The van der Waals surface area contributed by atoms with Gasteiger partial charge in [-0.05, 0) is 18.9 Å². The van der Waals surface area contributed by atoms with Crippen molar-refractivity contribution in [3.8, 4) is 12.3 Å². The van der Waals surface area contributed by atoms with Crippen LogP contribution in [-0.2, 0) is 0 Å². The number of carbonyl (C=O) groups excluding carboxylic acids is 1. The lowest BCUT2D eigenvalue weighted by molar-refractivity contribution is 0.0945.